The van der Waals surface area contributed by atoms with E-state index < -0.39 is 0 Å². The molecule has 0 spiro atoms. The lowest BCUT2D eigenvalue weighted by molar-refractivity contribution is 0.360. The summed E-state index contributed by atoms with van der Waals surface area (Å²) in [7, 11) is 0. The average Bonchev–Trinajstić information content (AvgIpc) is 2.09. The molecular weight excluding hydrogens is 156 g/mol. The minimum atomic E-state index is 0.855. The number of benzene rings is 1. The molecule has 0 heteroatoms. The highest BCUT2D eigenvalue weighted by molar-refractivity contribution is 5.36. The molecule has 0 bridgehead atoms. The molecule has 1 aromatic carbocycles. The lowest BCUT2D eigenvalue weighted by atomic mass is 9.76. The Morgan fingerprint density at radius 1 is 1.08 bits per heavy atom. The van der Waals surface area contributed by atoms with Gasteiger partial charge in [-0.3, -0.25) is 0 Å². The highest BCUT2D eigenvalue weighted by atomic mass is 14.3. The van der Waals surface area contributed by atoms with Gasteiger partial charge in [-0.15, -0.1) is 0 Å². The molecule has 2 rings (SSSR count). The standard InChI is InChI=1S/C13H18/c1-9-5-4-6-12-7-10(2)11(3)8-13(9)12/h4-6,10-11H,7-8H2,1-3H3. The highest BCUT2D eigenvalue weighted by Crippen LogP contribution is 2.31. The largest absolute Gasteiger partial charge is 0.0619 e. The van der Waals surface area contributed by atoms with Gasteiger partial charge < -0.3 is 0 Å². The van der Waals surface area contributed by atoms with E-state index in [9.17, 15) is 0 Å². The van der Waals surface area contributed by atoms with Gasteiger partial charge in [-0.05, 0) is 48.3 Å². The Bertz CT molecular complexity index is 312. The fraction of sp³-hybridized carbons (Fsp3) is 0.538. The van der Waals surface area contributed by atoms with Gasteiger partial charge in [-0.25, -0.2) is 0 Å². The van der Waals surface area contributed by atoms with Crippen LogP contribution in [0.4, 0.5) is 0 Å². The molecule has 70 valence electrons. The van der Waals surface area contributed by atoms with E-state index in [0.29, 0.717) is 0 Å². The van der Waals surface area contributed by atoms with Crippen molar-refractivity contribution in [3.05, 3.63) is 34.9 Å². The van der Waals surface area contributed by atoms with Crippen molar-refractivity contribution in [1.29, 1.82) is 0 Å². The Morgan fingerprint density at radius 3 is 2.54 bits per heavy atom. The molecule has 0 saturated carbocycles. The molecule has 2 unspecified atom stereocenters. The molecule has 0 saturated heterocycles. The van der Waals surface area contributed by atoms with E-state index >= 15 is 0 Å². The second-order valence-corrected chi connectivity index (χ2v) is 4.58. The van der Waals surface area contributed by atoms with Crippen molar-refractivity contribution in [3.63, 3.8) is 0 Å². The van der Waals surface area contributed by atoms with E-state index in [2.05, 4.69) is 39.0 Å². The Kier molecular flexibility index (Phi) is 2.15. The van der Waals surface area contributed by atoms with Gasteiger partial charge in [0, 0.05) is 0 Å². The van der Waals surface area contributed by atoms with Gasteiger partial charge in [0.1, 0.15) is 0 Å². The third-order valence-electron chi connectivity index (χ3n) is 3.55. The first-order chi connectivity index (χ1) is 6.18. The Hall–Kier alpha value is -0.780. The second kappa shape index (κ2) is 3.17. The number of hydrogen-bond donors (Lipinski definition) is 0. The van der Waals surface area contributed by atoms with Crippen LogP contribution in [0.2, 0.25) is 0 Å². The summed E-state index contributed by atoms with van der Waals surface area (Å²) in [5.41, 5.74) is 4.69. The van der Waals surface area contributed by atoms with Crippen LogP contribution in [-0.4, -0.2) is 0 Å². The molecule has 1 aliphatic rings. The summed E-state index contributed by atoms with van der Waals surface area (Å²) in [5, 5.41) is 0. The zero-order chi connectivity index (χ0) is 9.42. The Morgan fingerprint density at radius 2 is 1.77 bits per heavy atom. The molecule has 0 fully saturated rings. The molecule has 2 atom stereocenters. The highest BCUT2D eigenvalue weighted by Gasteiger charge is 2.22. The molecule has 1 aliphatic carbocycles. The fourth-order valence-electron chi connectivity index (χ4n) is 2.32. The predicted octanol–water partition coefficient (Wildman–Crippen LogP) is 3.37. The summed E-state index contributed by atoms with van der Waals surface area (Å²) in [6, 6.07) is 6.73. The molecule has 0 radical (unpaired) electrons. The first kappa shape index (κ1) is 8.80. The predicted molar refractivity (Wildman–Crippen MR) is 56.9 cm³/mol. The van der Waals surface area contributed by atoms with Crippen LogP contribution in [0.5, 0.6) is 0 Å². The van der Waals surface area contributed by atoms with Crippen LogP contribution in [0.1, 0.15) is 30.5 Å². The van der Waals surface area contributed by atoms with Crippen molar-refractivity contribution in [2.45, 2.75) is 33.6 Å². The van der Waals surface area contributed by atoms with Crippen LogP contribution in [0.15, 0.2) is 18.2 Å². The maximum atomic E-state index is 2.38. The lowest BCUT2D eigenvalue weighted by Crippen LogP contribution is -2.21. The summed E-state index contributed by atoms with van der Waals surface area (Å²) in [4.78, 5) is 0. The average molecular weight is 174 g/mol. The first-order valence-electron chi connectivity index (χ1n) is 5.26. The summed E-state index contributed by atoms with van der Waals surface area (Å²) in [6.45, 7) is 6.98. The zero-order valence-corrected chi connectivity index (χ0v) is 8.80. The van der Waals surface area contributed by atoms with E-state index in [-0.39, 0.29) is 0 Å². The fourth-order valence-corrected chi connectivity index (χ4v) is 2.32. The Balaban J connectivity index is 2.42. The first-order valence-corrected chi connectivity index (χ1v) is 5.26. The smallest absolute Gasteiger partial charge is 0.0245 e. The molecule has 13 heavy (non-hydrogen) atoms. The minimum absolute atomic E-state index is 0.855. The third-order valence-corrected chi connectivity index (χ3v) is 3.55. The third kappa shape index (κ3) is 1.50. The second-order valence-electron chi connectivity index (χ2n) is 4.58. The number of aryl methyl sites for hydroxylation is 1. The van der Waals surface area contributed by atoms with Crippen molar-refractivity contribution in [2.24, 2.45) is 11.8 Å². The van der Waals surface area contributed by atoms with E-state index in [1.165, 1.54) is 18.4 Å². The molecule has 0 N–H and O–H groups in total. The maximum Gasteiger partial charge on any atom is -0.0245 e. The number of rotatable bonds is 0. The normalized spacial score (nSPS) is 27.0. The van der Waals surface area contributed by atoms with Crippen molar-refractivity contribution >= 4 is 0 Å². The zero-order valence-electron chi connectivity index (χ0n) is 8.80. The van der Waals surface area contributed by atoms with Gasteiger partial charge >= 0.3 is 0 Å². The SMILES string of the molecule is Cc1cccc2c1CC(C)C(C)C2. The summed E-state index contributed by atoms with van der Waals surface area (Å²) < 4.78 is 0. The number of fused-ring (bicyclic) bond motifs is 1. The molecule has 1 aromatic rings. The lowest BCUT2D eigenvalue weighted by Gasteiger charge is -2.29. The number of hydrogen-bond acceptors (Lipinski definition) is 0. The van der Waals surface area contributed by atoms with Gasteiger partial charge in [0.2, 0.25) is 0 Å². The molecule has 0 aliphatic heterocycles. The van der Waals surface area contributed by atoms with Crippen LogP contribution in [-0.2, 0) is 12.8 Å². The minimum Gasteiger partial charge on any atom is -0.0619 e. The van der Waals surface area contributed by atoms with Gasteiger partial charge in [-0.1, -0.05) is 32.0 Å². The topological polar surface area (TPSA) is 0 Å². The van der Waals surface area contributed by atoms with Crippen LogP contribution >= 0.6 is 0 Å². The van der Waals surface area contributed by atoms with Crippen LogP contribution in [0.3, 0.4) is 0 Å². The van der Waals surface area contributed by atoms with E-state index in [1.807, 2.05) is 0 Å². The van der Waals surface area contributed by atoms with Crippen molar-refractivity contribution < 1.29 is 0 Å². The van der Waals surface area contributed by atoms with Crippen molar-refractivity contribution in [1.82, 2.24) is 0 Å². The monoisotopic (exact) mass is 174 g/mol. The van der Waals surface area contributed by atoms with Gasteiger partial charge in [0.05, 0.1) is 0 Å². The summed E-state index contributed by atoms with van der Waals surface area (Å²) >= 11 is 0. The van der Waals surface area contributed by atoms with Crippen LogP contribution in [0.25, 0.3) is 0 Å². The quantitative estimate of drug-likeness (QED) is 0.565. The van der Waals surface area contributed by atoms with E-state index in [4.69, 9.17) is 0 Å². The van der Waals surface area contributed by atoms with Crippen LogP contribution in [0, 0.1) is 18.8 Å². The van der Waals surface area contributed by atoms with Crippen molar-refractivity contribution in [2.75, 3.05) is 0 Å². The molecule has 0 heterocycles. The molecule has 0 nitrogen and oxygen atoms in total. The molecule has 0 amide bonds. The van der Waals surface area contributed by atoms with E-state index in [0.717, 1.165) is 11.8 Å². The van der Waals surface area contributed by atoms with Gasteiger partial charge in [0.15, 0.2) is 0 Å². The summed E-state index contributed by atoms with van der Waals surface area (Å²) in [5.74, 6) is 1.71. The molecular formula is C13H18. The maximum absolute atomic E-state index is 2.38. The Labute approximate surface area is 81.0 Å². The summed E-state index contributed by atoms with van der Waals surface area (Å²) in [6.07, 6.45) is 2.56. The van der Waals surface area contributed by atoms with Gasteiger partial charge in [-0.2, -0.15) is 0 Å². The molecule has 0 aromatic heterocycles. The van der Waals surface area contributed by atoms with Gasteiger partial charge in [0.25, 0.3) is 0 Å². The van der Waals surface area contributed by atoms with Crippen LogP contribution < -0.4 is 0 Å². The van der Waals surface area contributed by atoms with E-state index in [1.54, 1.807) is 11.1 Å². The van der Waals surface area contributed by atoms with Crippen molar-refractivity contribution in [3.8, 4) is 0 Å².